The van der Waals surface area contributed by atoms with Crippen molar-refractivity contribution in [1.29, 1.82) is 0 Å². The summed E-state index contributed by atoms with van der Waals surface area (Å²) in [6.07, 6.45) is 1.74. The predicted octanol–water partition coefficient (Wildman–Crippen LogP) is 4.63. The molecule has 3 rings (SSSR count). The maximum atomic E-state index is 12.4. The van der Waals surface area contributed by atoms with Gasteiger partial charge >= 0.3 is 5.97 Å². The number of hydrogen-bond acceptors (Lipinski definition) is 6. The van der Waals surface area contributed by atoms with Gasteiger partial charge in [-0.3, -0.25) is 14.6 Å². The Morgan fingerprint density at radius 1 is 1.06 bits per heavy atom. The topological polar surface area (TPSA) is 97.8 Å². The molecule has 0 fully saturated rings. The van der Waals surface area contributed by atoms with Crippen LogP contribution in [0.25, 0.3) is 11.3 Å². The number of methoxy groups -OCH3 is 1. The second-order valence-electron chi connectivity index (χ2n) is 7.26. The van der Waals surface area contributed by atoms with Crippen molar-refractivity contribution in [3.05, 3.63) is 66.4 Å². The van der Waals surface area contributed by atoms with Crippen LogP contribution in [0.4, 0.5) is 5.69 Å². The lowest BCUT2D eigenvalue weighted by Gasteiger charge is -2.10. The van der Waals surface area contributed by atoms with Crippen LogP contribution in [0.1, 0.15) is 19.4 Å². The van der Waals surface area contributed by atoms with Crippen LogP contribution in [0, 0.1) is 5.92 Å². The van der Waals surface area contributed by atoms with Crippen molar-refractivity contribution < 1.29 is 24.2 Å². The fraction of sp³-hybridized carbons (Fsp3) is 0.208. The number of carbonyl (C=O) groups excluding carboxylic acids is 2. The third-order valence-corrected chi connectivity index (χ3v) is 4.49. The van der Waals surface area contributed by atoms with E-state index in [4.69, 9.17) is 9.47 Å². The minimum atomic E-state index is -0.290. The van der Waals surface area contributed by atoms with E-state index in [1.54, 1.807) is 68.6 Å². The number of esters is 1. The summed E-state index contributed by atoms with van der Waals surface area (Å²) in [5, 5.41) is 12.5. The molecule has 0 bridgehead atoms. The number of rotatable bonds is 7. The molecule has 0 saturated heterocycles. The molecule has 32 heavy (non-hydrogen) atoms. The predicted molar refractivity (Wildman–Crippen MR) is 124 cm³/mol. The molecule has 2 aromatic carbocycles. The average Bonchev–Trinajstić information content (AvgIpc) is 2.75. The van der Waals surface area contributed by atoms with E-state index in [0.717, 1.165) is 5.56 Å². The first-order chi connectivity index (χ1) is 14.9. The molecular weight excluding hydrogens is 432 g/mol. The highest BCUT2D eigenvalue weighted by atomic mass is 35.5. The van der Waals surface area contributed by atoms with Gasteiger partial charge in [0.15, 0.2) is 11.5 Å². The van der Waals surface area contributed by atoms with Crippen molar-refractivity contribution in [3.8, 4) is 28.5 Å². The van der Waals surface area contributed by atoms with Gasteiger partial charge in [0.2, 0.25) is 5.91 Å². The van der Waals surface area contributed by atoms with Gasteiger partial charge in [0.25, 0.3) is 0 Å². The van der Waals surface area contributed by atoms with Crippen molar-refractivity contribution in [3.63, 3.8) is 0 Å². The van der Waals surface area contributed by atoms with Crippen LogP contribution in [0.5, 0.6) is 17.2 Å². The van der Waals surface area contributed by atoms with Crippen LogP contribution < -0.4 is 14.8 Å². The smallest absolute Gasteiger partial charge is 0.313 e. The minimum Gasteiger partial charge on any atom is -0.504 e. The van der Waals surface area contributed by atoms with E-state index in [1.807, 2.05) is 0 Å². The van der Waals surface area contributed by atoms with Gasteiger partial charge in [-0.05, 0) is 54.1 Å². The van der Waals surface area contributed by atoms with E-state index >= 15 is 0 Å². The lowest BCUT2D eigenvalue weighted by atomic mass is 10.1. The highest BCUT2D eigenvalue weighted by molar-refractivity contribution is 5.92. The van der Waals surface area contributed by atoms with E-state index in [9.17, 15) is 14.7 Å². The van der Waals surface area contributed by atoms with Crippen LogP contribution >= 0.6 is 12.4 Å². The van der Waals surface area contributed by atoms with Gasteiger partial charge in [0.05, 0.1) is 25.1 Å². The number of aromatic hydroxyl groups is 1. The molecule has 0 unspecified atom stereocenters. The van der Waals surface area contributed by atoms with Crippen LogP contribution in [-0.2, 0) is 16.0 Å². The number of hydrogen-bond donors (Lipinski definition) is 2. The van der Waals surface area contributed by atoms with E-state index in [1.165, 1.54) is 13.2 Å². The Hall–Kier alpha value is -3.58. The molecule has 1 amide bonds. The van der Waals surface area contributed by atoms with Crippen LogP contribution in [0.2, 0.25) is 0 Å². The normalized spacial score (nSPS) is 10.2. The van der Waals surface area contributed by atoms with Crippen LogP contribution in [0.15, 0.2) is 60.8 Å². The zero-order valence-electron chi connectivity index (χ0n) is 18.0. The molecule has 0 atom stereocenters. The number of pyridine rings is 1. The van der Waals surface area contributed by atoms with Gasteiger partial charge in [-0.1, -0.05) is 19.9 Å². The zero-order chi connectivity index (χ0) is 22.4. The Kier molecular flexibility index (Phi) is 8.61. The summed E-state index contributed by atoms with van der Waals surface area (Å²) in [6.45, 7) is 3.55. The molecule has 0 aliphatic carbocycles. The Labute approximate surface area is 192 Å². The standard InChI is InChI=1S/C24H24N2O5.ClH/c1-15(2)24(29)31-19-7-5-17(6-8-19)20-14-18(10-11-25-20)26-23(28)13-16-4-9-21(27)22(12-16)30-3;/h4-12,14-15,27H,13H2,1-3H3,(H,25,26,28);1H. The molecule has 0 saturated carbocycles. The molecule has 1 aromatic heterocycles. The van der Waals surface area contributed by atoms with Gasteiger partial charge in [-0.25, -0.2) is 0 Å². The third-order valence-electron chi connectivity index (χ3n) is 4.49. The summed E-state index contributed by atoms with van der Waals surface area (Å²) in [4.78, 5) is 28.5. The number of amides is 1. The minimum absolute atomic E-state index is 0. The molecule has 0 radical (unpaired) electrons. The van der Waals surface area contributed by atoms with E-state index in [-0.39, 0.29) is 42.4 Å². The summed E-state index contributed by atoms with van der Waals surface area (Å²) in [7, 11) is 1.46. The first-order valence-corrected chi connectivity index (χ1v) is 9.79. The van der Waals surface area contributed by atoms with E-state index in [2.05, 4.69) is 10.3 Å². The summed E-state index contributed by atoms with van der Waals surface area (Å²) in [5.74, 6) is 0.109. The summed E-state index contributed by atoms with van der Waals surface area (Å²) in [6, 6.07) is 15.3. The van der Waals surface area contributed by atoms with Gasteiger partial charge in [-0.15, -0.1) is 12.4 Å². The number of halogens is 1. The molecular formula is C24H25ClN2O5. The number of ether oxygens (including phenoxy) is 2. The summed E-state index contributed by atoms with van der Waals surface area (Å²) in [5.41, 5.74) is 2.82. The van der Waals surface area contributed by atoms with E-state index in [0.29, 0.717) is 28.4 Å². The monoisotopic (exact) mass is 456 g/mol. The number of aromatic nitrogens is 1. The first-order valence-electron chi connectivity index (χ1n) is 9.79. The Balaban J connectivity index is 0.00000363. The zero-order valence-corrected chi connectivity index (χ0v) is 18.8. The summed E-state index contributed by atoms with van der Waals surface area (Å²) >= 11 is 0. The number of benzene rings is 2. The van der Waals surface area contributed by atoms with Crippen molar-refractivity contribution >= 4 is 30.0 Å². The average molecular weight is 457 g/mol. The second kappa shape index (κ2) is 11.2. The van der Waals surface area contributed by atoms with Crippen molar-refractivity contribution in [2.75, 3.05) is 12.4 Å². The Morgan fingerprint density at radius 3 is 2.44 bits per heavy atom. The Bertz CT molecular complexity index is 1080. The Morgan fingerprint density at radius 2 is 1.78 bits per heavy atom. The fourth-order valence-corrected chi connectivity index (χ4v) is 2.82. The number of carbonyl (C=O) groups is 2. The third kappa shape index (κ3) is 6.46. The van der Waals surface area contributed by atoms with Gasteiger partial charge < -0.3 is 19.9 Å². The van der Waals surface area contributed by atoms with Crippen LogP contribution in [-0.4, -0.2) is 29.1 Å². The number of nitrogens with zero attached hydrogens (tertiary/aromatic N) is 1. The molecule has 0 aliphatic rings. The quantitative estimate of drug-likeness (QED) is 0.397. The van der Waals surface area contributed by atoms with Gasteiger partial charge in [0, 0.05) is 17.4 Å². The maximum Gasteiger partial charge on any atom is 0.313 e. The lowest BCUT2D eigenvalue weighted by molar-refractivity contribution is -0.137. The number of anilines is 1. The van der Waals surface area contributed by atoms with Crippen molar-refractivity contribution in [1.82, 2.24) is 4.98 Å². The largest absolute Gasteiger partial charge is 0.504 e. The SMILES string of the molecule is COc1cc(CC(=O)Nc2ccnc(-c3ccc(OC(=O)C(C)C)cc3)c2)ccc1O.Cl. The first kappa shape index (κ1) is 24.7. The van der Waals surface area contributed by atoms with E-state index < -0.39 is 0 Å². The molecule has 2 N–H and O–H groups in total. The molecule has 0 spiro atoms. The maximum absolute atomic E-state index is 12.4. The molecule has 8 heteroatoms. The van der Waals surface area contributed by atoms with Gasteiger partial charge in [-0.2, -0.15) is 0 Å². The molecule has 3 aromatic rings. The van der Waals surface area contributed by atoms with Crippen LogP contribution in [0.3, 0.4) is 0 Å². The van der Waals surface area contributed by atoms with Gasteiger partial charge in [0.1, 0.15) is 5.75 Å². The number of nitrogens with one attached hydrogen (secondary N) is 1. The molecule has 168 valence electrons. The fourth-order valence-electron chi connectivity index (χ4n) is 2.82. The van der Waals surface area contributed by atoms with Crippen molar-refractivity contribution in [2.45, 2.75) is 20.3 Å². The summed E-state index contributed by atoms with van der Waals surface area (Å²) < 4.78 is 10.4. The number of phenols is 1. The highest BCUT2D eigenvalue weighted by Gasteiger charge is 2.11. The second-order valence-corrected chi connectivity index (χ2v) is 7.26. The molecule has 1 heterocycles. The molecule has 7 nitrogen and oxygen atoms in total. The lowest BCUT2D eigenvalue weighted by Crippen LogP contribution is -2.14. The molecule has 0 aliphatic heterocycles. The number of phenolic OH excluding ortho intramolecular Hbond substituents is 1. The van der Waals surface area contributed by atoms with Crippen molar-refractivity contribution in [2.24, 2.45) is 5.92 Å². The highest BCUT2D eigenvalue weighted by Crippen LogP contribution is 2.27.